The summed E-state index contributed by atoms with van der Waals surface area (Å²) >= 11 is 0. The molecule has 0 aromatic heterocycles. The van der Waals surface area contributed by atoms with Crippen molar-refractivity contribution in [1.29, 1.82) is 0 Å². The van der Waals surface area contributed by atoms with E-state index in [9.17, 15) is 17.8 Å². The molecule has 0 aliphatic heterocycles. The first-order valence-corrected chi connectivity index (χ1v) is 14.5. The average molecular weight is 663 g/mol. The van der Waals surface area contributed by atoms with Crippen LogP contribution in [-0.4, -0.2) is 45.8 Å². The van der Waals surface area contributed by atoms with Gasteiger partial charge in [-0.15, -0.1) is 12.6 Å². The molecule has 0 aliphatic rings. The van der Waals surface area contributed by atoms with E-state index >= 15 is 0 Å². The molecule has 0 aliphatic carbocycles. The van der Waals surface area contributed by atoms with E-state index in [4.69, 9.17) is 22.1 Å². The molecule has 0 atom stereocenters. The summed E-state index contributed by atoms with van der Waals surface area (Å²) < 4.78 is 69.7. The largest absolute Gasteiger partial charge is 1.00 e. The van der Waals surface area contributed by atoms with E-state index in [1.54, 1.807) is 30.3 Å². The first kappa shape index (κ1) is 36.7. The third-order valence-corrected chi connectivity index (χ3v) is 6.12. The molecule has 15 nitrogen and oxygen atoms in total. The summed E-state index contributed by atoms with van der Waals surface area (Å²) in [6.07, 6.45) is 0. The summed E-state index contributed by atoms with van der Waals surface area (Å²) in [5, 5.41) is 21.8. The zero-order valence-electron chi connectivity index (χ0n) is 23.9. The van der Waals surface area contributed by atoms with Crippen LogP contribution in [0, 0.1) is 0 Å². The van der Waals surface area contributed by atoms with Gasteiger partial charge >= 0.3 is 46.2 Å². The second kappa shape index (κ2) is 17.7. The standard InChI is InChI=1S/C27H24N6O6S.Na.O3S/c1-38-25-16-20(32-30-18-7-4-3-5-8-18)11-13-23(25)28-27(34)29-24-14-12-21(17-26(24)39-2)33-31-19-9-6-10-22(15-19)40(35,36)37;;1-4(2)3/h3-17H,1-2H3,(H2,28,29,34)(H,35,36,37);;/q;+1;/p-1. The summed E-state index contributed by atoms with van der Waals surface area (Å²) in [7, 11) is -4.83. The Hall–Kier alpha value is -4.52. The molecule has 4 rings (SSSR count). The minimum Gasteiger partial charge on any atom is -0.744 e. The number of nitrogens with zero attached hydrogens (tertiary/aromatic N) is 4. The normalized spacial score (nSPS) is 10.7. The Bertz CT molecular complexity index is 1900. The number of rotatable bonds is 9. The minimum absolute atomic E-state index is 0. The third-order valence-electron chi connectivity index (χ3n) is 5.29. The van der Waals surface area contributed by atoms with Gasteiger partial charge in [0.2, 0.25) is 0 Å². The van der Waals surface area contributed by atoms with Crippen molar-refractivity contribution in [3.63, 3.8) is 0 Å². The van der Waals surface area contributed by atoms with Gasteiger partial charge in [0.15, 0.2) is 0 Å². The number of ether oxygens (including phenoxy) is 2. The molecule has 0 bridgehead atoms. The molecular weight excluding hydrogens is 639 g/mol. The number of anilines is 2. The van der Waals surface area contributed by atoms with E-state index in [2.05, 4.69) is 31.1 Å². The Labute approximate surface area is 281 Å². The number of carbonyl (C=O) groups is 1. The molecule has 0 heterocycles. The van der Waals surface area contributed by atoms with Crippen LogP contribution in [0.4, 0.5) is 38.9 Å². The molecule has 18 heteroatoms. The predicted molar refractivity (Wildman–Crippen MR) is 158 cm³/mol. The van der Waals surface area contributed by atoms with Gasteiger partial charge < -0.3 is 24.7 Å². The first-order valence-electron chi connectivity index (χ1n) is 12.1. The van der Waals surface area contributed by atoms with Gasteiger partial charge in [0.05, 0.1) is 53.2 Å². The summed E-state index contributed by atoms with van der Waals surface area (Å²) in [6, 6.07) is 23.5. The maximum absolute atomic E-state index is 12.7. The van der Waals surface area contributed by atoms with Crippen LogP contribution in [0.1, 0.15) is 0 Å². The van der Waals surface area contributed by atoms with E-state index in [1.165, 1.54) is 38.5 Å². The third kappa shape index (κ3) is 12.2. The van der Waals surface area contributed by atoms with Crippen LogP contribution in [0.5, 0.6) is 11.5 Å². The van der Waals surface area contributed by atoms with Crippen LogP contribution in [0.3, 0.4) is 0 Å². The summed E-state index contributed by atoms with van der Waals surface area (Å²) in [5.41, 5.74) is 2.54. The topological polar surface area (TPSA) is 217 Å². The average Bonchev–Trinajstić information content (AvgIpc) is 3.00. The van der Waals surface area contributed by atoms with Crippen LogP contribution in [-0.2, 0) is 20.7 Å². The number of carbonyl (C=O) groups excluding carboxylic acids is 1. The van der Waals surface area contributed by atoms with Crippen molar-refractivity contribution >= 4 is 60.9 Å². The summed E-state index contributed by atoms with van der Waals surface area (Å²) in [4.78, 5) is 12.3. The molecule has 4 aromatic rings. The van der Waals surface area contributed by atoms with Crippen molar-refractivity contribution < 1.29 is 69.4 Å². The molecule has 2 N–H and O–H groups in total. The van der Waals surface area contributed by atoms with Gasteiger partial charge in [-0.3, -0.25) is 0 Å². The van der Waals surface area contributed by atoms with Gasteiger partial charge in [-0.05, 0) is 54.6 Å². The molecule has 0 unspecified atom stereocenters. The molecular formula is C27H23N6NaO9S2. The zero-order chi connectivity index (χ0) is 32.1. The number of urea groups is 1. The molecule has 228 valence electrons. The smallest absolute Gasteiger partial charge is 0.744 e. The molecule has 0 fully saturated rings. The molecule has 0 saturated carbocycles. The monoisotopic (exact) mass is 662 g/mol. The van der Waals surface area contributed by atoms with Crippen molar-refractivity contribution in [2.24, 2.45) is 20.5 Å². The SMILES string of the molecule is COc1cc(N=Nc2ccccc2)ccc1NC(=O)Nc1ccc(N=Nc2cccc(S(=O)(=O)[O-])c2)cc1OC.O=S(=O)=O.[Na+]. The fraction of sp³-hybridized carbons (Fsp3) is 0.0741. The maximum Gasteiger partial charge on any atom is 1.00 e. The van der Waals surface area contributed by atoms with Crippen molar-refractivity contribution in [3.8, 4) is 11.5 Å². The Morgan fingerprint density at radius 3 is 1.53 bits per heavy atom. The first-order chi connectivity index (χ1) is 21.0. The number of methoxy groups -OCH3 is 2. The van der Waals surface area contributed by atoms with Gasteiger partial charge in [-0.25, -0.2) is 13.2 Å². The van der Waals surface area contributed by atoms with E-state index < -0.39 is 31.7 Å². The second-order valence-electron chi connectivity index (χ2n) is 8.24. The fourth-order valence-electron chi connectivity index (χ4n) is 3.39. The van der Waals surface area contributed by atoms with Crippen molar-refractivity contribution in [2.75, 3.05) is 24.9 Å². The fourth-order valence-corrected chi connectivity index (χ4v) is 3.90. The van der Waals surface area contributed by atoms with E-state index in [-0.39, 0.29) is 35.2 Å². The quantitative estimate of drug-likeness (QED) is 0.153. The number of benzene rings is 4. The van der Waals surface area contributed by atoms with Gasteiger partial charge in [-0.2, -0.15) is 20.5 Å². The van der Waals surface area contributed by atoms with Crippen molar-refractivity contribution in [1.82, 2.24) is 0 Å². The Balaban J connectivity index is 0.00000133. The van der Waals surface area contributed by atoms with Gasteiger partial charge in [0.1, 0.15) is 21.6 Å². The Morgan fingerprint density at radius 1 is 0.667 bits per heavy atom. The molecule has 0 saturated heterocycles. The van der Waals surface area contributed by atoms with Gasteiger partial charge in [-0.1, -0.05) is 24.3 Å². The number of hydrogen-bond acceptors (Lipinski definition) is 13. The predicted octanol–water partition coefficient (Wildman–Crippen LogP) is 3.08. The van der Waals surface area contributed by atoms with Crippen LogP contribution in [0.25, 0.3) is 0 Å². The number of hydrogen-bond donors (Lipinski definition) is 2. The second-order valence-corrected chi connectivity index (χ2v) is 10.0. The zero-order valence-corrected chi connectivity index (χ0v) is 27.6. The van der Waals surface area contributed by atoms with Crippen molar-refractivity contribution in [3.05, 3.63) is 91.0 Å². The van der Waals surface area contributed by atoms with Crippen molar-refractivity contribution in [2.45, 2.75) is 4.90 Å². The molecule has 45 heavy (non-hydrogen) atoms. The molecule has 0 spiro atoms. The summed E-state index contributed by atoms with van der Waals surface area (Å²) in [6.45, 7) is 0. The minimum atomic E-state index is -4.61. The molecule has 2 amide bonds. The van der Waals surface area contributed by atoms with Crippen LogP contribution in [0.15, 0.2) is 116 Å². The van der Waals surface area contributed by atoms with E-state index in [0.717, 1.165) is 6.07 Å². The van der Waals surface area contributed by atoms with Gasteiger partial charge in [0.25, 0.3) is 0 Å². The Morgan fingerprint density at radius 2 is 1.09 bits per heavy atom. The number of amides is 2. The van der Waals surface area contributed by atoms with Crippen LogP contribution < -0.4 is 49.7 Å². The number of nitrogens with one attached hydrogen (secondary N) is 2. The molecule has 4 aromatic carbocycles. The van der Waals surface area contributed by atoms with Gasteiger partial charge in [0, 0.05) is 12.1 Å². The maximum atomic E-state index is 12.7. The van der Waals surface area contributed by atoms with E-state index in [1.807, 2.05) is 30.3 Å². The Kier molecular flexibility index (Phi) is 14.4. The summed E-state index contributed by atoms with van der Waals surface area (Å²) in [5.74, 6) is 0.683. The van der Waals surface area contributed by atoms with Crippen LogP contribution >= 0.6 is 0 Å². The molecule has 0 radical (unpaired) electrons. The van der Waals surface area contributed by atoms with E-state index in [0.29, 0.717) is 39.9 Å². The number of azo groups is 2. The van der Waals surface area contributed by atoms with Crippen LogP contribution in [0.2, 0.25) is 0 Å².